The minimum Gasteiger partial charge on any atom is -0.454 e. The number of anilines is 1. The third-order valence-corrected chi connectivity index (χ3v) is 2.40. The molecule has 0 aliphatic heterocycles. The zero-order valence-electron chi connectivity index (χ0n) is 8.11. The van der Waals surface area contributed by atoms with Crippen molar-refractivity contribution in [2.75, 3.05) is 11.9 Å². The Morgan fingerprint density at radius 2 is 2.20 bits per heavy atom. The summed E-state index contributed by atoms with van der Waals surface area (Å²) in [5, 5.41) is 3.22. The van der Waals surface area contributed by atoms with E-state index in [-0.39, 0.29) is 0 Å². The van der Waals surface area contributed by atoms with E-state index in [0.29, 0.717) is 0 Å². The highest BCUT2D eigenvalue weighted by Crippen LogP contribution is 2.14. The maximum Gasteiger partial charge on any atom is 0.169 e. The van der Waals surface area contributed by atoms with Gasteiger partial charge in [-0.3, -0.25) is 0 Å². The minimum atomic E-state index is 0.773. The number of nitrogens with one attached hydrogen (secondary N) is 1. The van der Waals surface area contributed by atoms with Gasteiger partial charge in [-0.05, 0) is 40.2 Å². The SMILES string of the molecule is Brc1ccc(CCNc2ccccn2)o1. The van der Waals surface area contributed by atoms with Crippen LogP contribution >= 0.6 is 15.9 Å². The van der Waals surface area contributed by atoms with Crippen LogP contribution in [0.25, 0.3) is 0 Å². The van der Waals surface area contributed by atoms with Crippen molar-refractivity contribution >= 4 is 21.7 Å². The molecule has 1 N–H and O–H groups in total. The lowest BCUT2D eigenvalue weighted by Crippen LogP contribution is -2.05. The number of rotatable bonds is 4. The monoisotopic (exact) mass is 266 g/mol. The van der Waals surface area contributed by atoms with Gasteiger partial charge in [0, 0.05) is 19.2 Å². The number of halogens is 1. The van der Waals surface area contributed by atoms with E-state index in [2.05, 4.69) is 26.2 Å². The lowest BCUT2D eigenvalue weighted by atomic mass is 10.3. The molecule has 2 aromatic rings. The van der Waals surface area contributed by atoms with Crippen LogP contribution in [0, 0.1) is 0 Å². The van der Waals surface area contributed by atoms with Crippen LogP contribution in [0.4, 0.5) is 5.82 Å². The summed E-state index contributed by atoms with van der Waals surface area (Å²) in [6.07, 6.45) is 2.62. The van der Waals surface area contributed by atoms with Gasteiger partial charge in [0.2, 0.25) is 0 Å². The third-order valence-electron chi connectivity index (χ3n) is 1.97. The lowest BCUT2D eigenvalue weighted by molar-refractivity contribution is 0.491. The van der Waals surface area contributed by atoms with Crippen LogP contribution in [-0.4, -0.2) is 11.5 Å². The molecule has 0 spiro atoms. The average molecular weight is 267 g/mol. The first-order chi connectivity index (χ1) is 7.34. The second-order valence-electron chi connectivity index (χ2n) is 3.10. The van der Waals surface area contributed by atoms with E-state index >= 15 is 0 Å². The molecule has 0 saturated carbocycles. The molecule has 0 amide bonds. The van der Waals surface area contributed by atoms with Crippen LogP contribution in [0.3, 0.4) is 0 Å². The second-order valence-corrected chi connectivity index (χ2v) is 3.88. The van der Waals surface area contributed by atoms with E-state index < -0.39 is 0 Å². The van der Waals surface area contributed by atoms with E-state index in [1.54, 1.807) is 6.20 Å². The van der Waals surface area contributed by atoms with Crippen molar-refractivity contribution in [3.8, 4) is 0 Å². The number of pyridine rings is 1. The Morgan fingerprint density at radius 1 is 1.27 bits per heavy atom. The number of hydrogen-bond acceptors (Lipinski definition) is 3. The molecule has 0 atom stereocenters. The summed E-state index contributed by atoms with van der Waals surface area (Å²) in [7, 11) is 0. The molecule has 2 heterocycles. The Kier molecular flexibility index (Phi) is 3.40. The van der Waals surface area contributed by atoms with Crippen LogP contribution in [0.15, 0.2) is 45.6 Å². The summed E-state index contributed by atoms with van der Waals surface area (Å²) in [4.78, 5) is 4.16. The zero-order valence-corrected chi connectivity index (χ0v) is 9.70. The fourth-order valence-electron chi connectivity index (χ4n) is 1.27. The summed E-state index contributed by atoms with van der Waals surface area (Å²) < 4.78 is 6.15. The molecule has 0 aromatic carbocycles. The molecular weight excluding hydrogens is 256 g/mol. The molecule has 4 heteroatoms. The Bertz CT molecular complexity index is 414. The van der Waals surface area contributed by atoms with E-state index in [4.69, 9.17) is 4.42 Å². The first-order valence-electron chi connectivity index (χ1n) is 4.74. The summed E-state index contributed by atoms with van der Waals surface area (Å²) in [6.45, 7) is 0.816. The molecule has 0 fully saturated rings. The van der Waals surface area contributed by atoms with Crippen LogP contribution in [0.5, 0.6) is 0 Å². The Balaban J connectivity index is 1.80. The molecule has 2 aromatic heterocycles. The molecule has 3 nitrogen and oxygen atoms in total. The quantitative estimate of drug-likeness (QED) is 0.925. The van der Waals surface area contributed by atoms with Crippen LogP contribution in [-0.2, 0) is 6.42 Å². The largest absolute Gasteiger partial charge is 0.454 e. The van der Waals surface area contributed by atoms with Gasteiger partial charge >= 0.3 is 0 Å². The molecule has 0 saturated heterocycles. The second kappa shape index (κ2) is 4.98. The summed E-state index contributed by atoms with van der Waals surface area (Å²) in [6, 6.07) is 9.66. The van der Waals surface area contributed by atoms with Crippen molar-refractivity contribution in [3.63, 3.8) is 0 Å². The molecule has 0 aliphatic carbocycles. The number of nitrogens with zero attached hydrogens (tertiary/aromatic N) is 1. The van der Waals surface area contributed by atoms with Gasteiger partial charge < -0.3 is 9.73 Å². The van der Waals surface area contributed by atoms with Crippen LogP contribution in [0.2, 0.25) is 0 Å². The van der Waals surface area contributed by atoms with Crippen LogP contribution in [0.1, 0.15) is 5.76 Å². The highest BCUT2D eigenvalue weighted by atomic mass is 79.9. The first-order valence-corrected chi connectivity index (χ1v) is 5.53. The predicted octanol–water partition coefficient (Wildman–Crippen LogP) is 3.09. The predicted molar refractivity (Wildman–Crippen MR) is 62.8 cm³/mol. The maximum atomic E-state index is 5.38. The maximum absolute atomic E-state index is 5.38. The van der Waals surface area contributed by atoms with Gasteiger partial charge in [0.05, 0.1) is 0 Å². The number of hydrogen-bond donors (Lipinski definition) is 1. The third kappa shape index (κ3) is 3.09. The smallest absolute Gasteiger partial charge is 0.169 e. The first kappa shape index (κ1) is 10.2. The van der Waals surface area contributed by atoms with Crippen molar-refractivity contribution in [3.05, 3.63) is 47.0 Å². The van der Waals surface area contributed by atoms with Gasteiger partial charge in [-0.2, -0.15) is 0 Å². The van der Waals surface area contributed by atoms with Gasteiger partial charge in [-0.25, -0.2) is 4.98 Å². The van der Waals surface area contributed by atoms with Gasteiger partial charge in [0.15, 0.2) is 4.67 Å². The van der Waals surface area contributed by atoms with Crippen molar-refractivity contribution in [2.24, 2.45) is 0 Å². The average Bonchev–Trinajstić information content (AvgIpc) is 2.66. The summed E-state index contributed by atoms with van der Waals surface area (Å²) >= 11 is 3.27. The van der Waals surface area contributed by atoms with E-state index in [1.807, 2.05) is 30.3 Å². The van der Waals surface area contributed by atoms with Gasteiger partial charge in [-0.15, -0.1) is 0 Å². The highest BCUT2D eigenvalue weighted by molar-refractivity contribution is 9.10. The molecule has 0 unspecified atom stereocenters. The number of furan rings is 1. The normalized spacial score (nSPS) is 10.2. The Morgan fingerprint density at radius 3 is 2.87 bits per heavy atom. The molecule has 0 bridgehead atoms. The summed E-state index contributed by atoms with van der Waals surface area (Å²) in [5.74, 6) is 1.86. The van der Waals surface area contributed by atoms with Gasteiger partial charge in [-0.1, -0.05) is 6.07 Å². The van der Waals surface area contributed by atoms with Crippen molar-refractivity contribution < 1.29 is 4.42 Å². The van der Waals surface area contributed by atoms with Crippen molar-refractivity contribution in [1.29, 1.82) is 0 Å². The van der Waals surface area contributed by atoms with Crippen molar-refractivity contribution in [1.82, 2.24) is 4.98 Å². The standard InChI is InChI=1S/C11H11BrN2O/c12-10-5-4-9(15-10)6-8-14-11-3-1-2-7-13-11/h1-5,7H,6,8H2,(H,13,14). The fourth-order valence-corrected chi connectivity index (χ4v) is 1.61. The molecular formula is C11H11BrN2O. The van der Waals surface area contributed by atoms with Gasteiger partial charge in [0.25, 0.3) is 0 Å². The lowest BCUT2D eigenvalue weighted by Gasteiger charge is -2.02. The minimum absolute atomic E-state index is 0.773. The fraction of sp³-hybridized carbons (Fsp3) is 0.182. The summed E-state index contributed by atoms with van der Waals surface area (Å²) in [5.41, 5.74) is 0. The van der Waals surface area contributed by atoms with Crippen molar-refractivity contribution in [2.45, 2.75) is 6.42 Å². The highest BCUT2D eigenvalue weighted by Gasteiger charge is 1.98. The molecule has 15 heavy (non-hydrogen) atoms. The van der Waals surface area contributed by atoms with Gasteiger partial charge in [0.1, 0.15) is 11.6 Å². The molecule has 0 radical (unpaired) electrons. The molecule has 78 valence electrons. The molecule has 2 rings (SSSR count). The van der Waals surface area contributed by atoms with E-state index in [9.17, 15) is 0 Å². The van der Waals surface area contributed by atoms with E-state index in [1.165, 1.54) is 0 Å². The zero-order chi connectivity index (χ0) is 10.5. The topological polar surface area (TPSA) is 38.1 Å². The van der Waals surface area contributed by atoms with E-state index in [0.717, 1.165) is 29.2 Å². The number of aromatic nitrogens is 1. The Labute approximate surface area is 96.6 Å². The van der Waals surface area contributed by atoms with Crippen LogP contribution < -0.4 is 5.32 Å². The Hall–Kier alpha value is -1.29. The molecule has 0 aliphatic rings.